The Kier molecular flexibility index (Phi) is 7.30. The van der Waals surface area contributed by atoms with Crippen LogP contribution >= 0.6 is 0 Å². The van der Waals surface area contributed by atoms with Gasteiger partial charge in [-0.25, -0.2) is 4.99 Å². The molecule has 7 nitrogen and oxygen atoms in total. The van der Waals surface area contributed by atoms with Crippen molar-refractivity contribution >= 4 is 5.96 Å². The molecule has 1 fully saturated rings. The van der Waals surface area contributed by atoms with E-state index in [0.29, 0.717) is 32.0 Å². The van der Waals surface area contributed by atoms with E-state index in [0.717, 1.165) is 48.8 Å². The quantitative estimate of drug-likeness (QED) is 0.528. The standard InChI is InChI=1S/C20H27F3N6O/c1-14-27-28-18(29(14)2)13-26-19(25-12-17-4-3-11-30-17)24-10-9-15-5-7-16(8-6-15)20(21,22)23/h5-8,17H,3-4,9-13H2,1-2H3,(H2,24,25,26). The van der Waals surface area contributed by atoms with E-state index in [2.05, 4.69) is 25.8 Å². The Hall–Kier alpha value is -2.62. The van der Waals surface area contributed by atoms with Gasteiger partial charge in [0, 0.05) is 26.7 Å². The lowest BCUT2D eigenvalue weighted by molar-refractivity contribution is -0.137. The number of guanidine groups is 1. The molecule has 10 heteroatoms. The minimum Gasteiger partial charge on any atom is -0.376 e. The van der Waals surface area contributed by atoms with Gasteiger partial charge < -0.3 is 19.9 Å². The molecular formula is C20H27F3N6O. The highest BCUT2D eigenvalue weighted by molar-refractivity contribution is 5.79. The number of nitrogens with one attached hydrogen (secondary N) is 2. The van der Waals surface area contributed by atoms with Gasteiger partial charge in [-0.3, -0.25) is 0 Å². The molecule has 0 radical (unpaired) electrons. The molecule has 0 bridgehead atoms. The lowest BCUT2D eigenvalue weighted by Crippen LogP contribution is -2.42. The predicted molar refractivity (Wildman–Crippen MR) is 107 cm³/mol. The van der Waals surface area contributed by atoms with Crippen LogP contribution in [0.1, 0.15) is 35.6 Å². The fourth-order valence-corrected chi connectivity index (χ4v) is 3.11. The van der Waals surface area contributed by atoms with Crippen LogP contribution < -0.4 is 10.6 Å². The molecule has 2 aromatic rings. The molecule has 1 unspecified atom stereocenters. The Morgan fingerprint density at radius 1 is 1.23 bits per heavy atom. The number of aromatic nitrogens is 3. The number of halogens is 3. The van der Waals surface area contributed by atoms with Gasteiger partial charge in [0.1, 0.15) is 12.4 Å². The van der Waals surface area contributed by atoms with Gasteiger partial charge in [-0.1, -0.05) is 12.1 Å². The molecule has 3 rings (SSSR count). The molecule has 1 aliphatic heterocycles. The largest absolute Gasteiger partial charge is 0.416 e. The Labute approximate surface area is 173 Å². The number of rotatable bonds is 7. The molecule has 1 saturated heterocycles. The number of benzene rings is 1. The van der Waals surface area contributed by atoms with Gasteiger partial charge in [-0.05, 0) is 43.9 Å². The Balaban J connectivity index is 1.56. The van der Waals surface area contributed by atoms with E-state index in [1.165, 1.54) is 12.1 Å². The highest BCUT2D eigenvalue weighted by Gasteiger charge is 2.29. The van der Waals surface area contributed by atoms with Gasteiger partial charge in [-0.15, -0.1) is 10.2 Å². The normalized spacial score (nSPS) is 17.4. The number of alkyl halides is 3. The molecule has 0 amide bonds. The summed E-state index contributed by atoms with van der Waals surface area (Å²) in [6.07, 6.45) is -1.53. The molecule has 1 aromatic carbocycles. The van der Waals surface area contributed by atoms with Gasteiger partial charge in [0.15, 0.2) is 11.8 Å². The van der Waals surface area contributed by atoms with Crippen LogP contribution in [0.25, 0.3) is 0 Å². The van der Waals surface area contributed by atoms with E-state index in [4.69, 9.17) is 4.74 Å². The van der Waals surface area contributed by atoms with E-state index in [9.17, 15) is 13.2 Å². The zero-order valence-electron chi connectivity index (χ0n) is 17.2. The topological polar surface area (TPSA) is 76.4 Å². The number of aliphatic imine (C=N–C) groups is 1. The third-order valence-corrected chi connectivity index (χ3v) is 5.07. The fraction of sp³-hybridized carbons (Fsp3) is 0.550. The average Bonchev–Trinajstić information content (AvgIpc) is 3.34. The SMILES string of the molecule is Cc1nnc(CN=C(NCCc2ccc(C(F)(F)F)cc2)NCC2CCCO2)n1C. The van der Waals surface area contributed by atoms with E-state index in [1.54, 1.807) is 0 Å². The van der Waals surface area contributed by atoms with Crippen LogP contribution in [0.2, 0.25) is 0 Å². The average molecular weight is 424 g/mol. The third-order valence-electron chi connectivity index (χ3n) is 5.07. The maximum absolute atomic E-state index is 12.7. The first-order valence-corrected chi connectivity index (χ1v) is 9.97. The Morgan fingerprint density at radius 2 is 2.00 bits per heavy atom. The smallest absolute Gasteiger partial charge is 0.376 e. The van der Waals surface area contributed by atoms with Crippen molar-refractivity contribution in [1.82, 2.24) is 25.4 Å². The summed E-state index contributed by atoms with van der Waals surface area (Å²) in [5.41, 5.74) is 0.177. The van der Waals surface area contributed by atoms with Crippen LogP contribution in [0, 0.1) is 6.92 Å². The van der Waals surface area contributed by atoms with Crippen molar-refractivity contribution in [3.63, 3.8) is 0 Å². The molecule has 0 aliphatic carbocycles. The zero-order valence-corrected chi connectivity index (χ0v) is 17.2. The van der Waals surface area contributed by atoms with E-state index >= 15 is 0 Å². The summed E-state index contributed by atoms with van der Waals surface area (Å²) >= 11 is 0. The highest BCUT2D eigenvalue weighted by atomic mass is 19.4. The molecule has 0 spiro atoms. The van der Waals surface area contributed by atoms with Gasteiger partial charge in [0.25, 0.3) is 0 Å². The van der Waals surface area contributed by atoms with Crippen LogP contribution in [0.4, 0.5) is 13.2 Å². The lowest BCUT2D eigenvalue weighted by Gasteiger charge is -2.16. The van der Waals surface area contributed by atoms with Crippen molar-refractivity contribution < 1.29 is 17.9 Å². The van der Waals surface area contributed by atoms with Gasteiger partial charge in [0.05, 0.1) is 11.7 Å². The first-order chi connectivity index (χ1) is 14.3. The van der Waals surface area contributed by atoms with Gasteiger partial charge in [0.2, 0.25) is 0 Å². The van der Waals surface area contributed by atoms with Crippen molar-refractivity contribution in [1.29, 1.82) is 0 Å². The molecule has 2 heterocycles. The third kappa shape index (κ3) is 6.19. The monoisotopic (exact) mass is 424 g/mol. The van der Waals surface area contributed by atoms with Gasteiger partial charge >= 0.3 is 6.18 Å². The number of aryl methyl sites for hydroxylation is 1. The van der Waals surface area contributed by atoms with Crippen LogP contribution in [0.3, 0.4) is 0 Å². The first-order valence-electron chi connectivity index (χ1n) is 9.97. The zero-order chi connectivity index (χ0) is 21.6. The summed E-state index contributed by atoms with van der Waals surface area (Å²) in [6.45, 7) is 4.18. The minimum absolute atomic E-state index is 0.156. The summed E-state index contributed by atoms with van der Waals surface area (Å²) in [6, 6.07) is 5.22. The van der Waals surface area contributed by atoms with Crippen LogP contribution in [0.5, 0.6) is 0 Å². The highest BCUT2D eigenvalue weighted by Crippen LogP contribution is 2.29. The van der Waals surface area contributed by atoms with Crippen molar-refractivity contribution in [2.24, 2.45) is 12.0 Å². The predicted octanol–water partition coefficient (Wildman–Crippen LogP) is 2.60. The maximum Gasteiger partial charge on any atom is 0.416 e. The van der Waals surface area contributed by atoms with Crippen LogP contribution in [0.15, 0.2) is 29.3 Å². The second kappa shape index (κ2) is 9.92. The molecule has 0 saturated carbocycles. The summed E-state index contributed by atoms with van der Waals surface area (Å²) in [4.78, 5) is 4.57. The Bertz CT molecular complexity index is 841. The molecule has 1 atom stereocenters. The number of hydrogen-bond donors (Lipinski definition) is 2. The second-order valence-electron chi connectivity index (χ2n) is 7.27. The van der Waals surface area contributed by atoms with Crippen LogP contribution in [-0.4, -0.2) is 46.5 Å². The fourth-order valence-electron chi connectivity index (χ4n) is 3.11. The Morgan fingerprint density at radius 3 is 2.60 bits per heavy atom. The minimum atomic E-state index is -4.32. The molecule has 2 N–H and O–H groups in total. The number of hydrogen-bond acceptors (Lipinski definition) is 4. The van der Waals surface area contributed by atoms with Crippen molar-refractivity contribution in [3.05, 3.63) is 47.0 Å². The summed E-state index contributed by atoms with van der Waals surface area (Å²) in [5.74, 6) is 2.16. The lowest BCUT2D eigenvalue weighted by atomic mass is 10.1. The summed E-state index contributed by atoms with van der Waals surface area (Å²) in [5, 5.41) is 14.7. The first kappa shape index (κ1) is 22.1. The van der Waals surface area contributed by atoms with Crippen molar-refractivity contribution in [2.45, 2.75) is 45.0 Å². The summed E-state index contributed by atoms with van der Waals surface area (Å²) < 4.78 is 45.6. The van der Waals surface area contributed by atoms with Crippen molar-refractivity contribution in [3.8, 4) is 0 Å². The molecule has 30 heavy (non-hydrogen) atoms. The van der Waals surface area contributed by atoms with Crippen molar-refractivity contribution in [2.75, 3.05) is 19.7 Å². The molecule has 164 valence electrons. The van der Waals surface area contributed by atoms with E-state index in [-0.39, 0.29) is 6.10 Å². The number of nitrogens with zero attached hydrogens (tertiary/aromatic N) is 4. The molecular weight excluding hydrogens is 397 g/mol. The molecule has 1 aliphatic rings. The molecule has 1 aromatic heterocycles. The van der Waals surface area contributed by atoms with E-state index in [1.807, 2.05) is 18.5 Å². The van der Waals surface area contributed by atoms with Gasteiger partial charge in [-0.2, -0.15) is 13.2 Å². The van der Waals surface area contributed by atoms with E-state index < -0.39 is 11.7 Å². The second-order valence-corrected chi connectivity index (χ2v) is 7.27. The summed E-state index contributed by atoms with van der Waals surface area (Å²) in [7, 11) is 1.89. The maximum atomic E-state index is 12.7. The van der Waals surface area contributed by atoms with Crippen LogP contribution in [-0.2, 0) is 30.9 Å². The number of ether oxygens (including phenoxy) is 1.